The van der Waals surface area contributed by atoms with Gasteiger partial charge in [0.15, 0.2) is 0 Å². The Morgan fingerprint density at radius 2 is 2.17 bits per heavy atom. The largest absolute Gasteiger partial charge is 0.271 e. The standard InChI is InChI=1S/C7H6BrNO2S/c1-4-6(8)2-5(9(10)11)3-7(4)12/h2-3,12H,1H3. The van der Waals surface area contributed by atoms with Crippen LogP contribution in [0.25, 0.3) is 0 Å². The predicted octanol–water partition coefficient (Wildman–Crippen LogP) is 2.95. The number of benzene rings is 1. The molecular weight excluding hydrogens is 242 g/mol. The average molecular weight is 248 g/mol. The molecule has 0 aliphatic carbocycles. The topological polar surface area (TPSA) is 43.1 Å². The highest BCUT2D eigenvalue weighted by Crippen LogP contribution is 2.28. The smallest absolute Gasteiger partial charge is 0.258 e. The zero-order valence-electron chi connectivity index (χ0n) is 6.24. The molecule has 0 bridgehead atoms. The van der Waals surface area contributed by atoms with Gasteiger partial charge in [-0.1, -0.05) is 15.9 Å². The van der Waals surface area contributed by atoms with E-state index in [1.807, 2.05) is 6.92 Å². The molecule has 0 atom stereocenters. The minimum Gasteiger partial charge on any atom is -0.258 e. The third-order valence-electron chi connectivity index (χ3n) is 1.51. The van der Waals surface area contributed by atoms with Crippen LogP contribution >= 0.6 is 28.6 Å². The molecule has 0 saturated heterocycles. The van der Waals surface area contributed by atoms with Gasteiger partial charge in [0.05, 0.1) is 4.92 Å². The number of rotatable bonds is 1. The third kappa shape index (κ3) is 1.78. The van der Waals surface area contributed by atoms with Crippen molar-refractivity contribution in [2.75, 3.05) is 0 Å². The molecule has 0 N–H and O–H groups in total. The Labute approximate surface area is 83.5 Å². The average Bonchev–Trinajstić information content (AvgIpc) is 1.99. The van der Waals surface area contributed by atoms with Crippen LogP contribution in [0, 0.1) is 17.0 Å². The van der Waals surface area contributed by atoms with Gasteiger partial charge < -0.3 is 0 Å². The van der Waals surface area contributed by atoms with Crippen molar-refractivity contribution in [1.29, 1.82) is 0 Å². The van der Waals surface area contributed by atoms with Crippen molar-refractivity contribution in [2.24, 2.45) is 0 Å². The molecule has 0 saturated carbocycles. The van der Waals surface area contributed by atoms with Gasteiger partial charge in [-0.2, -0.15) is 0 Å². The summed E-state index contributed by atoms with van der Waals surface area (Å²) in [6.45, 7) is 1.84. The molecule has 0 unspecified atom stereocenters. The fourth-order valence-electron chi connectivity index (χ4n) is 0.756. The third-order valence-corrected chi connectivity index (χ3v) is 2.80. The van der Waals surface area contributed by atoms with Crippen molar-refractivity contribution in [2.45, 2.75) is 11.8 Å². The number of nitro benzene ring substituents is 1. The van der Waals surface area contributed by atoms with Crippen molar-refractivity contribution < 1.29 is 4.92 Å². The van der Waals surface area contributed by atoms with E-state index in [2.05, 4.69) is 28.6 Å². The van der Waals surface area contributed by atoms with Crippen molar-refractivity contribution in [3.63, 3.8) is 0 Å². The van der Waals surface area contributed by atoms with E-state index in [-0.39, 0.29) is 5.69 Å². The van der Waals surface area contributed by atoms with Gasteiger partial charge in [-0.3, -0.25) is 10.1 Å². The van der Waals surface area contributed by atoms with Crippen molar-refractivity contribution >= 4 is 34.2 Å². The van der Waals surface area contributed by atoms with Crippen LogP contribution < -0.4 is 0 Å². The van der Waals surface area contributed by atoms with Gasteiger partial charge in [0.25, 0.3) is 5.69 Å². The molecule has 0 aliphatic rings. The molecule has 0 radical (unpaired) electrons. The lowest BCUT2D eigenvalue weighted by molar-refractivity contribution is -0.385. The quantitative estimate of drug-likeness (QED) is 0.471. The summed E-state index contributed by atoms with van der Waals surface area (Å²) in [6, 6.07) is 2.90. The molecule has 5 heteroatoms. The maximum Gasteiger partial charge on any atom is 0.271 e. The summed E-state index contributed by atoms with van der Waals surface area (Å²) in [5.41, 5.74) is 0.960. The molecule has 1 aromatic rings. The van der Waals surface area contributed by atoms with Crippen molar-refractivity contribution in [1.82, 2.24) is 0 Å². The molecule has 0 spiro atoms. The number of thiol groups is 1. The highest BCUT2D eigenvalue weighted by atomic mass is 79.9. The molecule has 0 amide bonds. The number of nitro groups is 1. The van der Waals surface area contributed by atoms with Gasteiger partial charge in [-0.15, -0.1) is 12.6 Å². The monoisotopic (exact) mass is 247 g/mol. The van der Waals surface area contributed by atoms with Crippen LogP contribution in [0.4, 0.5) is 5.69 Å². The first-order chi connectivity index (χ1) is 5.52. The normalized spacial score (nSPS) is 9.92. The second-order valence-electron chi connectivity index (χ2n) is 2.33. The lowest BCUT2D eigenvalue weighted by Gasteiger charge is -2.00. The van der Waals surface area contributed by atoms with Gasteiger partial charge in [0, 0.05) is 21.5 Å². The lowest BCUT2D eigenvalue weighted by Crippen LogP contribution is -1.89. The van der Waals surface area contributed by atoms with E-state index in [1.54, 1.807) is 0 Å². The summed E-state index contributed by atoms with van der Waals surface area (Å²) in [6.07, 6.45) is 0. The zero-order valence-corrected chi connectivity index (χ0v) is 8.72. The van der Waals surface area contributed by atoms with Gasteiger partial charge in [-0.25, -0.2) is 0 Å². The van der Waals surface area contributed by atoms with E-state index in [4.69, 9.17) is 0 Å². The summed E-state index contributed by atoms with van der Waals surface area (Å²) >= 11 is 7.31. The molecule has 12 heavy (non-hydrogen) atoms. The summed E-state index contributed by atoms with van der Waals surface area (Å²) in [7, 11) is 0. The molecule has 0 heterocycles. The molecule has 0 aromatic heterocycles. The summed E-state index contributed by atoms with van der Waals surface area (Å²) in [5, 5.41) is 10.4. The first-order valence-electron chi connectivity index (χ1n) is 3.16. The summed E-state index contributed by atoms with van der Waals surface area (Å²) < 4.78 is 0.710. The molecule has 1 aromatic carbocycles. The molecule has 0 aliphatic heterocycles. The second kappa shape index (κ2) is 3.45. The molecule has 1 rings (SSSR count). The van der Waals surface area contributed by atoms with Crippen LogP contribution in [0.3, 0.4) is 0 Å². The fourth-order valence-corrected chi connectivity index (χ4v) is 1.61. The fraction of sp³-hybridized carbons (Fsp3) is 0.143. The van der Waals surface area contributed by atoms with Gasteiger partial charge in [0.2, 0.25) is 0 Å². The van der Waals surface area contributed by atoms with Crippen LogP contribution in [0.5, 0.6) is 0 Å². The summed E-state index contributed by atoms with van der Waals surface area (Å²) in [4.78, 5) is 10.5. The van der Waals surface area contributed by atoms with Gasteiger partial charge in [-0.05, 0) is 12.5 Å². The SMILES string of the molecule is Cc1c(S)cc([N+](=O)[O-])cc1Br. The van der Waals surface area contributed by atoms with Gasteiger partial charge in [0.1, 0.15) is 0 Å². The van der Waals surface area contributed by atoms with Crippen LogP contribution in [0.1, 0.15) is 5.56 Å². The Morgan fingerprint density at radius 3 is 2.58 bits per heavy atom. The van der Waals surface area contributed by atoms with E-state index < -0.39 is 4.92 Å². The van der Waals surface area contributed by atoms with Crippen molar-refractivity contribution in [3.8, 4) is 0 Å². The first kappa shape index (κ1) is 9.54. The number of halogens is 1. The Morgan fingerprint density at radius 1 is 1.58 bits per heavy atom. The Bertz CT molecular complexity index is 317. The second-order valence-corrected chi connectivity index (χ2v) is 3.66. The van der Waals surface area contributed by atoms with E-state index in [1.165, 1.54) is 12.1 Å². The predicted molar refractivity (Wildman–Crippen MR) is 52.8 cm³/mol. The van der Waals surface area contributed by atoms with E-state index in [9.17, 15) is 10.1 Å². The van der Waals surface area contributed by atoms with Crippen LogP contribution in [0.15, 0.2) is 21.5 Å². The minimum absolute atomic E-state index is 0.0532. The molecule has 0 fully saturated rings. The number of hydrogen-bond acceptors (Lipinski definition) is 3. The summed E-state index contributed by atoms with van der Waals surface area (Å²) in [5.74, 6) is 0. The van der Waals surface area contributed by atoms with E-state index in [0.717, 1.165) is 5.56 Å². The maximum atomic E-state index is 10.4. The number of non-ortho nitro benzene ring substituents is 1. The lowest BCUT2D eigenvalue weighted by atomic mass is 10.2. The van der Waals surface area contributed by atoms with Crippen LogP contribution in [0.2, 0.25) is 0 Å². The molecular formula is C7H6BrNO2S. The highest BCUT2D eigenvalue weighted by molar-refractivity contribution is 9.10. The Kier molecular flexibility index (Phi) is 2.74. The van der Waals surface area contributed by atoms with E-state index >= 15 is 0 Å². The molecule has 64 valence electrons. The van der Waals surface area contributed by atoms with E-state index in [0.29, 0.717) is 9.37 Å². The van der Waals surface area contributed by atoms with Crippen LogP contribution in [-0.4, -0.2) is 4.92 Å². The zero-order chi connectivity index (χ0) is 9.30. The first-order valence-corrected chi connectivity index (χ1v) is 4.40. The Balaban J connectivity index is 3.31. The molecule has 3 nitrogen and oxygen atoms in total. The van der Waals surface area contributed by atoms with Gasteiger partial charge >= 0.3 is 0 Å². The minimum atomic E-state index is -0.441. The number of nitrogens with zero attached hydrogens (tertiary/aromatic N) is 1. The number of hydrogen-bond donors (Lipinski definition) is 1. The van der Waals surface area contributed by atoms with Crippen molar-refractivity contribution in [3.05, 3.63) is 32.3 Å². The maximum absolute atomic E-state index is 10.4. The van der Waals surface area contributed by atoms with Crippen LogP contribution in [-0.2, 0) is 0 Å². The Hall–Kier alpha value is -0.550. The highest BCUT2D eigenvalue weighted by Gasteiger charge is 2.09.